The molecule has 2 fully saturated rings. The van der Waals surface area contributed by atoms with Crippen molar-refractivity contribution in [2.24, 2.45) is 17.6 Å². The second-order valence-electron chi connectivity index (χ2n) is 4.74. The number of halogens is 1. The molecule has 3 N–H and O–H groups in total. The SMILES string of the molecule is Cl.NC1CCC(C(=O)NCC2CCOC2)C1. The van der Waals surface area contributed by atoms with Crippen LogP contribution >= 0.6 is 12.4 Å². The Labute approximate surface area is 103 Å². The largest absolute Gasteiger partial charge is 0.381 e. The van der Waals surface area contributed by atoms with Crippen LogP contribution in [0.1, 0.15) is 25.7 Å². The molecule has 3 unspecified atom stereocenters. The number of hydrogen-bond acceptors (Lipinski definition) is 3. The molecular formula is C11H21ClN2O2. The van der Waals surface area contributed by atoms with Crippen LogP contribution in [0.25, 0.3) is 0 Å². The second-order valence-corrected chi connectivity index (χ2v) is 4.74. The lowest BCUT2D eigenvalue weighted by Crippen LogP contribution is -2.34. The summed E-state index contributed by atoms with van der Waals surface area (Å²) in [5.41, 5.74) is 5.78. The Bertz CT molecular complexity index is 232. The lowest BCUT2D eigenvalue weighted by atomic mass is 10.1. The molecule has 0 bridgehead atoms. The fourth-order valence-corrected chi connectivity index (χ4v) is 2.39. The standard InChI is InChI=1S/C11H20N2O2.ClH/c12-10-2-1-9(5-10)11(14)13-6-8-3-4-15-7-8;/h8-10H,1-7,12H2,(H,13,14);1H. The average Bonchev–Trinajstić information content (AvgIpc) is 2.84. The Kier molecular flexibility index (Phi) is 5.52. The first-order valence-electron chi connectivity index (χ1n) is 5.86. The highest BCUT2D eigenvalue weighted by molar-refractivity contribution is 5.85. The van der Waals surface area contributed by atoms with Crippen LogP contribution in [-0.4, -0.2) is 31.7 Å². The van der Waals surface area contributed by atoms with Gasteiger partial charge in [-0.1, -0.05) is 0 Å². The van der Waals surface area contributed by atoms with E-state index < -0.39 is 0 Å². The van der Waals surface area contributed by atoms with Crippen molar-refractivity contribution in [1.82, 2.24) is 5.32 Å². The topological polar surface area (TPSA) is 64.4 Å². The third kappa shape index (κ3) is 3.61. The van der Waals surface area contributed by atoms with Crippen molar-refractivity contribution < 1.29 is 9.53 Å². The van der Waals surface area contributed by atoms with E-state index in [0.29, 0.717) is 5.92 Å². The summed E-state index contributed by atoms with van der Waals surface area (Å²) in [7, 11) is 0. The molecule has 5 heteroatoms. The van der Waals surface area contributed by atoms with E-state index in [1.807, 2.05) is 0 Å². The predicted octanol–water partition coefficient (Wildman–Crippen LogP) is 0.688. The van der Waals surface area contributed by atoms with Crippen LogP contribution in [0.15, 0.2) is 0 Å². The molecule has 2 aliphatic rings. The van der Waals surface area contributed by atoms with Gasteiger partial charge in [-0.15, -0.1) is 12.4 Å². The predicted molar refractivity (Wildman–Crippen MR) is 64.5 cm³/mol. The van der Waals surface area contributed by atoms with Gasteiger partial charge in [0, 0.05) is 31.0 Å². The minimum atomic E-state index is 0. The molecule has 0 spiro atoms. The van der Waals surface area contributed by atoms with Gasteiger partial charge in [-0.3, -0.25) is 4.79 Å². The molecule has 2 rings (SSSR count). The maximum absolute atomic E-state index is 11.7. The van der Waals surface area contributed by atoms with E-state index in [9.17, 15) is 4.79 Å². The summed E-state index contributed by atoms with van der Waals surface area (Å²) in [5, 5.41) is 3.01. The highest BCUT2D eigenvalue weighted by Gasteiger charge is 2.28. The van der Waals surface area contributed by atoms with Crippen LogP contribution in [0.4, 0.5) is 0 Å². The Morgan fingerprint density at radius 3 is 2.75 bits per heavy atom. The molecule has 0 aromatic rings. The molecule has 94 valence electrons. The second kappa shape index (κ2) is 6.42. The number of nitrogens with one attached hydrogen (secondary N) is 1. The van der Waals surface area contributed by atoms with Crippen molar-refractivity contribution in [1.29, 1.82) is 0 Å². The van der Waals surface area contributed by atoms with Crippen LogP contribution in [0.3, 0.4) is 0 Å². The van der Waals surface area contributed by atoms with Gasteiger partial charge in [-0.2, -0.15) is 0 Å². The van der Waals surface area contributed by atoms with Gasteiger partial charge in [0.1, 0.15) is 0 Å². The summed E-state index contributed by atoms with van der Waals surface area (Å²) >= 11 is 0. The summed E-state index contributed by atoms with van der Waals surface area (Å²) < 4.78 is 5.26. The van der Waals surface area contributed by atoms with Gasteiger partial charge in [0.2, 0.25) is 5.91 Å². The maximum Gasteiger partial charge on any atom is 0.223 e. The van der Waals surface area contributed by atoms with Crippen molar-refractivity contribution in [2.75, 3.05) is 19.8 Å². The molecule has 4 nitrogen and oxygen atoms in total. The molecule has 0 aromatic heterocycles. The quantitative estimate of drug-likeness (QED) is 0.773. The Morgan fingerprint density at radius 2 is 2.19 bits per heavy atom. The summed E-state index contributed by atoms with van der Waals surface area (Å²) in [5.74, 6) is 0.862. The first-order chi connectivity index (χ1) is 7.25. The molecule has 0 aromatic carbocycles. The molecule has 0 radical (unpaired) electrons. The van der Waals surface area contributed by atoms with E-state index in [0.717, 1.165) is 45.4 Å². The molecular weight excluding hydrogens is 228 g/mol. The number of carbonyl (C=O) groups is 1. The molecule has 16 heavy (non-hydrogen) atoms. The van der Waals surface area contributed by atoms with E-state index in [1.165, 1.54) is 0 Å². The zero-order chi connectivity index (χ0) is 10.7. The van der Waals surface area contributed by atoms with Crippen LogP contribution in [0.5, 0.6) is 0 Å². The van der Waals surface area contributed by atoms with E-state index in [2.05, 4.69) is 5.32 Å². The monoisotopic (exact) mass is 248 g/mol. The normalized spacial score (nSPS) is 33.4. The van der Waals surface area contributed by atoms with Gasteiger partial charge in [-0.05, 0) is 25.7 Å². The molecule has 1 heterocycles. The van der Waals surface area contributed by atoms with E-state index >= 15 is 0 Å². The number of amides is 1. The smallest absolute Gasteiger partial charge is 0.223 e. The minimum Gasteiger partial charge on any atom is -0.381 e. The molecule has 1 aliphatic heterocycles. The Morgan fingerprint density at radius 1 is 1.38 bits per heavy atom. The van der Waals surface area contributed by atoms with Crippen molar-refractivity contribution >= 4 is 18.3 Å². The highest BCUT2D eigenvalue weighted by Crippen LogP contribution is 2.24. The third-order valence-electron chi connectivity index (χ3n) is 3.43. The van der Waals surface area contributed by atoms with Crippen LogP contribution in [0, 0.1) is 11.8 Å². The first-order valence-corrected chi connectivity index (χ1v) is 5.86. The van der Waals surface area contributed by atoms with Crippen molar-refractivity contribution in [3.05, 3.63) is 0 Å². The van der Waals surface area contributed by atoms with Gasteiger partial charge in [-0.25, -0.2) is 0 Å². The van der Waals surface area contributed by atoms with E-state index in [4.69, 9.17) is 10.5 Å². The van der Waals surface area contributed by atoms with Gasteiger partial charge in [0.05, 0.1) is 6.61 Å². The van der Waals surface area contributed by atoms with Crippen LogP contribution < -0.4 is 11.1 Å². The number of ether oxygens (including phenoxy) is 1. The van der Waals surface area contributed by atoms with Crippen LogP contribution in [0.2, 0.25) is 0 Å². The fourth-order valence-electron chi connectivity index (χ4n) is 2.39. The molecule has 1 amide bonds. The summed E-state index contributed by atoms with van der Waals surface area (Å²) in [6.45, 7) is 2.41. The van der Waals surface area contributed by atoms with Crippen molar-refractivity contribution in [3.63, 3.8) is 0 Å². The number of carbonyl (C=O) groups excluding carboxylic acids is 1. The summed E-state index contributed by atoms with van der Waals surface area (Å²) in [6.07, 6.45) is 3.87. The van der Waals surface area contributed by atoms with Gasteiger partial charge < -0.3 is 15.8 Å². The van der Waals surface area contributed by atoms with E-state index in [-0.39, 0.29) is 30.3 Å². The van der Waals surface area contributed by atoms with Gasteiger partial charge >= 0.3 is 0 Å². The minimum absolute atomic E-state index is 0. The average molecular weight is 249 g/mol. The highest BCUT2D eigenvalue weighted by atomic mass is 35.5. The Hall–Kier alpha value is -0.320. The lowest BCUT2D eigenvalue weighted by Gasteiger charge is -2.13. The van der Waals surface area contributed by atoms with Crippen molar-refractivity contribution in [2.45, 2.75) is 31.7 Å². The number of hydrogen-bond donors (Lipinski definition) is 2. The number of nitrogens with two attached hydrogens (primary N) is 1. The first kappa shape index (κ1) is 13.7. The maximum atomic E-state index is 11.7. The van der Waals surface area contributed by atoms with Crippen LogP contribution in [-0.2, 0) is 9.53 Å². The third-order valence-corrected chi connectivity index (χ3v) is 3.43. The number of rotatable bonds is 3. The Balaban J connectivity index is 0.00000128. The fraction of sp³-hybridized carbons (Fsp3) is 0.909. The lowest BCUT2D eigenvalue weighted by molar-refractivity contribution is -0.125. The molecule has 1 aliphatic carbocycles. The summed E-state index contributed by atoms with van der Waals surface area (Å²) in [4.78, 5) is 11.7. The zero-order valence-electron chi connectivity index (χ0n) is 9.48. The summed E-state index contributed by atoms with van der Waals surface area (Å²) in [6, 6.07) is 0.232. The van der Waals surface area contributed by atoms with E-state index in [1.54, 1.807) is 0 Å². The van der Waals surface area contributed by atoms with Crippen molar-refractivity contribution in [3.8, 4) is 0 Å². The van der Waals surface area contributed by atoms with Gasteiger partial charge in [0.25, 0.3) is 0 Å². The molecule has 3 atom stereocenters. The molecule has 1 saturated carbocycles. The molecule has 1 saturated heterocycles. The zero-order valence-corrected chi connectivity index (χ0v) is 10.3. The van der Waals surface area contributed by atoms with Gasteiger partial charge in [0.15, 0.2) is 0 Å².